The predicted octanol–water partition coefficient (Wildman–Crippen LogP) is 4.07. The number of carbonyl (C=O) groups excluding carboxylic acids is 1. The number of aromatic carboxylic acids is 1. The Kier molecular flexibility index (Phi) is 4.76. The quantitative estimate of drug-likeness (QED) is 0.721. The van der Waals surface area contributed by atoms with E-state index in [1.165, 1.54) is 0 Å². The van der Waals surface area contributed by atoms with Crippen LogP contribution >= 0.6 is 11.6 Å². The molecule has 0 atom stereocenters. The van der Waals surface area contributed by atoms with Crippen LogP contribution in [0.5, 0.6) is 0 Å². The minimum atomic E-state index is -0.960. The number of halogens is 1. The molecule has 0 unspecified atom stereocenters. The van der Waals surface area contributed by atoms with E-state index < -0.39 is 5.97 Å². The molecule has 0 aliphatic carbocycles. The third-order valence-electron chi connectivity index (χ3n) is 3.85. The summed E-state index contributed by atoms with van der Waals surface area (Å²) in [6.45, 7) is 2.23. The number of carboxylic acid groups (broad SMARTS) is 1. The maximum absolute atomic E-state index is 12.4. The number of amides is 1. The van der Waals surface area contributed by atoms with Gasteiger partial charge in [0.2, 0.25) is 0 Å². The standard InChI is InChI=1S/C19H16ClNO4/c1-11-8-14-9-15(20)10-16(17(14)25-11)18(22)21-7-6-12-2-4-13(5-3-12)19(23)24/h2-5,8-10H,6-7H2,1H3,(H,21,22)(H,23,24). The zero-order valence-corrected chi connectivity index (χ0v) is 14.3. The van der Waals surface area contributed by atoms with E-state index in [1.54, 1.807) is 36.4 Å². The van der Waals surface area contributed by atoms with E-state index >= 15 is 0 Å². The van der Waals surface area contributed by atoms with Gasteiger partial charge in [-0.2, -0.15) is 0 Å². The number of hydrogen-bond acceptors (Lipinski definition) is 3. The second-order valence-electron chi connectivity index (χ2n) is 5.74. The summed E-state index contributed by atoms with van der Waals surface area (Å²) in [5.74, 6) is -0.507. The highest BCUT2D eigenvalue weighted by molar-refractivity contribution is 6.32. The lowest BCUT2D eigenvalue weighted by molar-refractivity contribution is 0.0696. The van der Waals surface area contributed by atoms with Crippen LogP contribution in [0.2, 0.25) is 5.02 Å². The maximum Gasteiger partial charge on any atom is 0.335 e. The molecule has 1 amide bonds. The van der Waals surface area contributed by atoms with Crippen molar-refractivity contribution < 1.29 is 19.1 Å². The molecule has 2 aromatic carbocycles. The molecule has 0 radical (unpaired) electrons. The van der Waals surface area contributed by atoms with E-state index in [2.05, 4.69) is 5.32 Å². The van der Waals surface area contributed by atoms with Gasteiger partial charge in [0.1, 0.15) is 11.3 Å². The second-order valence-corrected chi connectivity index (χ2v) is 6.17. The largest absolute Gasteiger partial charge is 0.478 e. The Labute approximate surface area is 149 Å². The van der Waals surface area contributed by atoms with Gasteiger partial charge >= 0.3 is 5.97 Å². The van der Waals surface area contributed by atoms with Crippen molar-refractivity contribution >= 4 is 34.4 Å². The van der Waals surface area contributed by atoms with E-state index in [4.69, 9.17) is 21.1 Å². The lowest BCUT2D eigenvalue weighted by Gasteiger charge is -2.07. The van der Waals surface area contributed by atoms with Crippen molar-refractivity contribution in [3.63, 3.8) is 0 Å². The van der Waals surface area contributed by atoms with Gasteiger partial charge in [-0.05, 0) is 49.2 Å². The average Bonchev–Trinajstić information content (AvgIpc) is 2.94. The molecule has 0 spiro atoms. The Hall–Kier alpha value is -2.79. The van der Waals surface area contributed by atoms with Gasteiger partial charge < -0.3 is 14.8 Å². The van der Waals surface area contributed by atoms with Crippen LogP contribution in [0.15, 0.2) is 46.9 Å². The molecule has 1 aromatic heterocycles. The minimum absolute atomic E-state index is 0.238. The number of furan rings is 1. The smallest absolute Gasteiger partial charge is 0.335 e. The van der Waals surface area contributed by atoms with Crippen LogP contribution in [0, 0.1) is 6.92 Å². The first kappa shape index (κ1) is 17.0. The predicted molar refractivity (Wildman–Crippen MR) is 95.4 cm³/mol. The first-order chi connectivity index (χ1) is 11.9. The fourth-order valence-corrected chi connectivity index (χ4v) is 2.87. The summed E-state index contributed by atoms with van der Waals surface area (Å²) in [6.07, 6.45) is 0.590. The number of nitrogens with one attached hydrogen (secondary N) is 1. The molecule has 0 aliphatic rings. The van der Waals surface area contributed by atoms with Crippen LogP contribution in [-0.4, -0.2) is 23.5 Å². The molecule has 5 nitrogen and oxygen atoms in total. The van der Waals surface area contributed by atoms with E-state index in [-0.39, 0.29) is 11.5 Å². The van der Waals surface area contributed by atoms with Crippen LogP contribution in [0.3, 0.4) is 0 Å². The van der Waals surface area contributed by atoms with Crippen LogP contribution in [0.25, 0.3) is 11.0 Å². The molecule has 6 heteroatoms. The highest BCUT2D eigenvalue weighted by Crippen LogP contribution is 2.27. The number of carbonyl (C=O) groups is 2. The third-order valence-corrected chi connectivity index (χ3v) is 4.07. The maximum atomic E-state index is 12.4. The lowest BCUT2D eigenvalue weighted by Crippen LogP contribution is -2.25. The molecule has 0 saturated carbocycles. The summed E-state index contributed by atoms with van der Waals surface area (Å²) < 4.78 is 5.60. The van der Waals surface area contributed by atoms with Crippen molar-refractivity contribution in [1.82, 2.24) is 5.32 Å². The molecule has 3 aromatic rings. The van der Waals surface area contributed by atoms with Crippen molar-refractivity contribution in [2.45, 2.75) is 13.3 Å². The molecule has 0 aliphatic heterocycles. The lowest BCUT2D eigenvalue weighted by atomic mass is 10.1. The number of aryl methyl sites for hydroxylation is 1. The Balaban J connectivity index is 1.68. The molecule has 0 saturated heterocycles. The SMILES string of the molecule is Cc1cc2cc(Cl)cc(C(=O)NCCc3ccc(C(=O)O)cc3)c2o1. The normalized spacial score (nSPS) is 10.8. The van der Waals surface area contributed by atoms with Gasteiger partial charge in [-0.3, -0.25) is 4.79 Å². The molecular formula is C19H16ClNO4. The molecule has 128 valence electrons. The van der Waals surface area contributed by atoms with E-state index in [1.807, 2.05) is 13.0 Å². The highest BCUT2D eigenvalue weighted by atomic mass is 35.5. The zero-order valence-electron chi connectivity index (χ0n) is 13.5. The molecule has 0 fully saturated rings. The Morgan fingerprint density at radius 1 is 1.16 bits per heavy atom. The summed E-state index contributed by atoms with van der Waals surface area (Å²) in [4.78, 5) is 23.3. The van der Waals surface area contributed by atoms with E-state index in [0.717, 1.165) is 10.9 Å². The Morgan fingerprint density at radius 3 is 2.56 bits per heavy atom. The van der Waals surface area contributed by atoms with Crippen LogP contribution < -0.4 is 5.32 Å². The number of carboxylic acids is 1. The molecule has 1 heterocycles. The van der Waals surface area contributed by atoms with Crippen molar-refractivity contribution in [2.24, 2.45) is 0 Å². The third kappa shape index (κ3) is 3.83. The first-order valence-corrected chi connectivity index (χ1v) is 8.12. The van der Waals surface area contributed by atoms with E-state index in [0.29, 0.717) is 34.9 Å². The fraction of sp³-hybridized carbons (Fsp3) is 0.158. The van der Waals surface area contributed by atoms with Gasteiger partial charge in [0, 0.05) is 17.0 Å². The van der Waals surface area contributed by atoms with E-state index in [9.17, 15) is 9.59 Å². The van der Waals surface area contributed by atoms with Gasteiger partial charge in [0.15, 0.2) is 0 Å². The Bertz CT molecular complexity index is 944. The average molecular weight is 358 g/mol. The summed E-state index contributed by atoms with van der Waals surface area (Å²) in [5, 5.41) is 13.0. The molecule has 0 bridgehead atoms. The number of fused-ring (bicyclic) bond motifs is 1. The summed E-state index contributed by atoms with van der Waals surface area (Å²) in [6, 6.07) is 11.8. The van der Waals surface area contributed by atoms with Crippen LogP contribution in [0.4, 0.5) is 0 Å². The fourth-order valence-electron chi connectivity index (χ4n) is 2.64. The van der Waals surface area contributed by atoms with Gasteiger partial charge in [0.25, 0.3) is 5.91 Å². The van der Waals surface area contributed by atoms with Gasteiger partial charge in [-0.1, -0.05) is 23.7 Å². The summed E-state index contributed by atoms with van der Waals surface area (Å²) in [5.41, 5.74) is 2.10. The molecule has 25 heavy (non-hydrogen) atoms. The summed E-state index contributed by atoms with van der Waals surface area (Å²) in [7, 11) is 0. The second kappa shape index (κ2) is 6.99. The molecule has 2 N–H and O–H groups in total. The molecule has 3 rings (SSSR count). The highest BCUT2D eigenvalue weighted by Gasteiger charge is 2.15. The van der Waals surface area contributed by atoms with Gasteiger partial charge in [0.05, 0.1) is 11.1 Å². The van der Waals surface area contributed by atoms with Gasteiger partial charge in [-0.15, -0.1) is 0 Å². The number of hydrogen-bond donors (Lipinski definition) is 2. The Morgan fingerprint density at radius 2 is 1.88 bits per heavy atom. The van der Waals surface area contributed by atoms with Crippen molar-refractivity contribution in [1.29, 1.82) is 0 Å². The van der Waals surface area contributed by atoms with Crippen molar-refractivity contribution in [3.05, 3.63) is 69.9 Å². The topological polar surface area (TPSA) is 79.5 Å². The van der Waals surface area contributed by atoms with Crippen LogP contribution in [0.1, 0.15) is 32.0 Å². The van der Waals surface area contributed by atoms with Crippen molar-refractivity contribution in [2.75, 3.05) is 6.54 Å². The van der Waals surface area contributed by atoms with Crippen molar-refractivity contribution in [3.8, 4) is 0 Å². The van der Waals surface area contributed by atoms with Gasteiger partial charge in [-0.25, -0.2) is 4.79 Å². The first-order valence-electron chi connectivity index (χ1n) is 7.74. The minimum Gasteiger partial charge on any atom is -0.478 e. The zero-order chi connectivity index (χ0) is 18.0. The number of rotatable bonds is 5. The van der Waals surface area contributed by atoms with Crippen LogP contribution in [-0.2, 0) is 6.42 Å². The summed E-state index contributed by atoms with van der Waals surface area (Å²) >= 11 is 6.08. The monoisotopic (exact) mass is 357 g/mol. The number of benzene rings is 2. The molecular weight excluding hydrogens is 342 g/mol.